The van der Waals surface area contributed by atoms with E-state index in [1.54, 1.807) is 24.3 Å². The fraction of sp³-hybridized carbons (Fsp3) is 0.0714. The summed E-state index contributed by atoms with van der Waals surface area (Å²) in [5.41, 5.74) is 1.52. The zero-order valence-corrected chi connectivity index (χ0v) is 10.2. The Balaban J connectivity index is 2.44. The van der Waals surface area contributed by atoms with Crippen molar-refractivity contribution in [1.82, 2.24) is 4.98 Å². The van der Waals surface area contributed by atoms with Crippen LogP contribution in [0.1, 0.15) is 20.8 Å². The summed E-state index contributed by atoms with van der Waals surface area (Å²) in [5.74, 6) is -0.804. The molecule has 5 heteroatoms. The number of benzene rings is 1. The molecule has 0 fully saturated rings. The number of methoxy groups -OCH3 is 1. The number of aldehydes is 1. The van der Waals surface area contributed by atoms with Crippen molar-refractivity contribution in [2.45, 2.75) is 0 Å². The van der Waals surface area contributed by atoms with Crippen LogP contribution in [-0.4, -0.2) is 29.5 Å². The quantitative estimate of drug-likeness (QED) is 0.672. The van der Waals surface area contributed by atoms with E-state index in [0.29, 0.717) is 23.2 Å². The van der Waals surface area contributed by atoms with Crippen LogP contribution >= 0.6 is 0 Å². The normalized spacial score (nSPS) is 9.95. The maximum atomic E-state index is 11.3. The predicted molar refractivity (Wildman–Crippen MR) is 68.1 cm³/mol. The van der Waals surface area contributed by atoms with E-state index in [4.69, 9.17) is 0 Å². The lowest BCUT2D eigenvalue weighted by Crippen LogP contribution is -2.01. The van der Waals surface area contributed by atoms with E-state index in [0.717, 1.165) is 0 Å². The van der Waals surface area contributed by atoms with Crippen LogP contribution in [0.5, 0.6) is 5.75 Å². The lowest BCUT2D eigenvalue weighted by molar-refractivity contribution is 0.0597. The first-order valence-electron chi connectivity index (χ1n) is 5.49. The molecule has 2 rings (SSSR count). The molecule has 0 unspecified atom stereocenters. The molecule has 0 spiro atoms. The van der Waals surface area contributed by atoms with Gasteiger partial charge in [-0.15, -0.1) is 0 Å². The molecule has 0 aliphatic carbocycles. The Kier molecular flexibility index (Phi) is 3.56. The summed E-state index contributed by atoms with van der Waals surface area (Å²) in [4.78, 5) is 26.1. The predicted octanol–water partition coefficient (Wildman–Crippen LogP) is 2.05. The van der Waals surface area contributed by atoms with Crippen molar-refractivity contribution in [3.63, 3.8) is 0 Å². The lowest BCUT2D eigenvalue weighted by Gasteiger charge is -2.06. The van der Waals surface area contributed by atoms with Gasteiger partial charge in [-0.05, 0) is 24.3 Å². The fourth-order valence-electron chi connectivity index (χ4n) is 1.65. The van der Waals surface area contributed by atoms with Gasteiger partial charge in [0.15, 0.2) is 6.29 Å². The number of aromatic hydroxyl groups is 1. The first-order valence-corrected chi connectivity index (χ1v) is 5.49. The molecule has 1 heterocycles. The van der Waals surface area contributed by atoms with Gasteiger partial charge in [0.05, 0.1) is 12.8 Å². The highest BCUT2D eigenvalue weighted by molar-refractivity contribution is 5.93. The van der Waals surface area contributed by atoms with Gasteiger partial charge in [0.2, 0.25) is 0 Å². The fourth-order valence-corrected chi connectivity index (χ4v) is 1.65. The molecule has 0 radical (unpaired) electrons. The third-order valence-corrected chi connectivity index (χ3v) is 2.59. The number of pyridine rings is 1. The van der Waals surface area contributed by atoms with Crippen molar-refractivity contribution in [2.75, 3.05) is 7.11 Å². The lowest BCUT2D eigenvalue weighted by atomic mass is 10.1. The van der Waals surface area contributed by atoms with Gasteiger partial charge >= 0.3 is 5.97 Å². The van der Waals surface area contributed by atoms with Crippen LogP contribution in [0.2, 0.25) is 0 Å². The Morgan fingerprint density at radius 1 is 1.32 bits per heavy atom. The number of hydrogen-bond acceptors (Lipinski definition) is 5. The number of aromatic nitrogens is 1. The highest BCUT2D eigenvalue weighted by Gasteiger charge is 2.12. The number of carbonyl (C=O) groups excluding carboxylic acids is 2. The van der Waals surface area contributed by atoms with Gasteiger partial charge in [0.1, 0.15) is 17.0 Å². The maximum absolute atomic E-state index is 11.3. The molecule has 1 N–H and O–H groups in total. The first-order chi connectivity index (χ1) is 9.15. The van der Waals surface area contributed by atoms with E-state index in [9.17, 15) is 14.7 Å². The van der Waals surface area contributed by atoms with Crippen LogP contribution in [0, 0.1) is 0 Å². The van der Waals surface area contributed by atoms with Gasteiger partial charge < -0.3 is 9.84 Å². The minimum atomic E-state index is -0.612. The van der Waals surface area contributed by atoms with Crippen LogP contribution in [0.4, 0.5) is 0 Å². The molecule has 5 nitrogen and oxygen atoms in total. The number of rotatable bonds is 3. The zero-order chi connectivity index (χ0) is 13.8. The number of nitrogens with zero attached hydrogens (tertiary/aromatic N) is 1. The number of phenols is 1. The van der Waals surface area contributed by atoms with Crippen LogP contribution in [-0.2, 0) is 4.74 Å². The third-order valence-electron chi connectivity index (χ3n) is 2.59. The standard InChI is InChI=1S/C14H11NO4/c1-19-14(18)11-6-5-9(7-13(11)17)12-4-2-3-10(8-16)15-12/h2-8,17H,1H3. The number of esters is 1. The average Bonchev–Trinajstić information content (AvgIpc) is 2.46. The minimum absolute atomic E-state index is 0.0813. The van der Waals surface area contributed by atoms with E-state index in [-0.39, 0.29) is 11.3 Å². The average molecular weight is 257 g/mol. The summed E-state index contributed by atoms with van der Waals surface area (Å²) in [7, 11) is 1.24. The number of carbonyl (C=O) groups is 2. The summed E-state index contributed by atoms with van der Waals surface area (Å²) in [5, 5.41) is 9.78. The number of phenolic OH excluding ortho intramolecular Hbond substituents is 1. The Labute approximate surface area is 109 Å². The largest absolute Gasteiger partial charge is 0.507 e. The molecule has 2 aromatic rings. The smallest absolute Gasteiger partial charge is 0.341 e. The van der Waals surface area contributed by atoms with E-state index in [1.807, 2.05) is 0 Å². The summed E-state index contributed by atoms with van der Waals surface area (Å²) >= 11 is 0. The number of ether oxygens (including phenoxy) is 1. The van der Waals surface area contributed by atoms with Gasteiger partial charge in [-0.2, -0.15) is 0 Å². The summed E-state index contributed by atoms with van der Waals surface area (Å²) in [6, 6.07) is 9.47. The molecular weight excluding hydrogens is 246 g/mol. The molecule has 0 saturated heterocycles. The summed E-state index contributed by atoms with van der Waals surface area (Å²) < 4.78 is 4.54. The second kappa shape index (κ2) is 5.30. The topological polar surface area (TPSA) is 76.5 Å². The molecule has 0 aliphatic rings. The Morgan fingerprint density at radius 3 is 2.74 bits per heavy atom. The number of hydrogen-bond donors (Lipinski definition) is 1. The molecule has 96 valence electrons. The third kappa shape index (κ3) is 2.60. The second-order valence-electron chi connectivity index (χ2n) is 3.79. The van der Waals surface area contributed by atoms with Crippen molar-refractivity contribution >= 4 is 12.3 Å². The van der Waals surface area contributed by atoms with Crippen LogP contribution in [0.3, 0.4) is 0 Å². The van der Waals surface area contributed by atoms with Crippen LogP contribution < -0.4 is 0 Å². The zero-order valence-electron chi connectivity index (χ0n) is 10.2. The molecule has 19 heavy (non-hydrogen) atoms. The van der Waals surface area contributed by atoms with Gasteiger partial charge in [-0.25, -0.2) is 9.78 Å². The van der Waals surface area contributed by atoms with E-state index < -0.39 is 5.97 Å². The van der Waals surface area contributed by atoms with Crippen molar-refractivity contribution in [3.05, 3.63) is 47.7 Å². The van der Waals surface area contributed by atoms with Gasteiger partial charge in [-0.3, -0.25) is 4.79 Å². The van der Waals surface area contributed by atoms with Crippen LogP contribution in [0.25, 0.3) is 11.3 Å². The molecule has 0 saturated carbocycles. The van der Waals surface area contributed by atoms with Gasteiger partial charge in [0.25, 0.3) is 0 Å². The molecule has 0 amide bonds. The van der Waals surface area contributed by atoms with Crippen molar-refractivity contribution < 1.29 is 19.4 Å². The molecule has 1 aromatic carbocycles. The molecule has 0 aliphatic heterocycles. The molecule has 1 aromatic heterocycles. The van der Waals surface area contributed by atoms with E-state index in [1.165, 1.54) is 19.2 Å². The van der Waals surface area contributed by atoms with Crippen molar-refractivity contribution in [2.24, 2.45) is 0 Å². The van der Waals surface area contributed by atoms with Crippen molar-refractivity contribution in [3.8, 4) is 17.0 Å². The van der Waals surface area contributed by atoms with Crippen molar-refractivity contribution in [1.29, 1.82) is 0 Å². The monoisotopic (exact) mass is 257 g/mol. The molecular formula is C14H11NO4. The highest BCUT2D eigenvalue weighted by Crippen LogP contribution is 2.25. The Bertz CT molecular complexity index is 637. The van der Waals surface area contributed by atoms with E-state index >= 15 is 0 Å². The van der Waals surface area contributed by atoms with E-state index in [2.05, 4.69) is 9.72 Å². The summed E-state index contributed by atoms with van der Waals surface area (Å²) in [6.45, 7) is 0. The maximum Gasteiger partial charge on any atom is 0.341 e. The van der Waals surface area contributed by atoms with Crippen LogP contribution in [0.15, 0.2) is 36.4 Å². The van der Waals surface area contributed by atoms with Gasteiger partial charge in [-0.1, -0.05) is 12.1 Å². The molecule has 0 atom stereocenters. The first kappa shape index (κ1) is 12.8. The minimum Gasteiger partial charge on any atom is -0.507 e. The van der Waals surface area contributed by atoms with Gasteiger partial charge in [0, 0.05) is 5.56 Å². The second-order valence-corrected chi connectivity index (χ2v) is 3.79. The Morgan fingerprint density at radius 2 is 2.11 bits per heavy atom. The summed E-state index contributed by atoms with van der Waals surface area (Å²) in [6.07, 6.45) is 0.645. The highest BCUT2D eigenvalue weighted by atomic mass is 16.5. The molecule has 0 bridgehead atoms. The Hall–Kier alpha value is -2.69. The SMILES string of the molecule is COC(=O)c1ccc(-c2cccc(C=O)n2)cc1O.